The summed E-state index contributed by atoms with van der Waals surface area (Å²) in [4.78, 5) is 0. The third kappa shape index (κ3) is 2.31. The Hall–Kier alpha value is -1.39. The van der Waals surface area contributed by atoms with Gasteiger partial charge in [0.25, 0.3) is 0 Å². The fourth-order valence-corrected chi connectivity index (χ4v) is 0.997. The molecule has 1 rings (SSSR count). The van der Waals surface area contributed by atoms with E-state index < -0.39 is 11.6 Å². The molecule has 1 nitrogen and oxygen atoms in total. The van der Waals surface area contributed by atoms with Gasteiger partial charge in [-0.15, -0.1) is 0 Å². The van der Waals surface area contributed by atoms with Crippen molar-refractivity contribution in [3.63, 3.8) is 0 Å². The lowest BCUT2D eigenvalue weighted by Crippen LogP contribution is -1.91. The summed E-state index contributed by atoms with van der Waals surface area (Å²) in [6.45, 7) is 0. The summed E-state index contributed by atoms with van der Waals surface area (Å²) < 4.78 is 26.1. The van der Waals surface area contributed by atoms with E-state index in [-0.39, 0.29) is 11.1 Å². The van der Waals surface area contributed by atoms with Crippen molar-refractivity contribution in [2.24, 2.45) is 0 Å². The van der Waals surface area contributed by atoms with E-state index in [1.165, 1.54) is 0 Å². The Balaban J connectivity index is 3.23. The summed E-state index contributed by atoms with van der Waals surface area (Å²) in [7, 11) is 0. The van der Waals surface area contributed by atoms with Crippen molar-refractivity contribution in [2.45, 2.75) is 0 Å². The van der Waals surface area contributed by atoms with Crippen LogP contribution in [-0.2, 0) is 0 Å². The largest absolute Gasteiger partial charge is 0.206 e. The molecule has 4 heteroatoms. The monoisotopic (exact) mass is 255 g/mol. The van der Waals surface area contributed by atoms with Crippen LogP contribution in [0.4, 0.5) is 8.78 Å². The Labute approximate surface area is 88.5 Å². The van der Waals surface area contributed by atoms with Gasteiger partial charge < -0.3 is 0 Å². The highest BCUT2D eigenvalue weighted by molar-refractivity contribution is 9.09. The molecule has 0 amide bonds. The number of hydrogen-bond acceptors (Lipinski definition) is 1. The van der Waals surface area contributed by atoms with Crippen LogP contribution < -0.4 is 0 Å². The van der Waals surface area contributed by atoms with Crippen LogP contribution in [0.1, 0.15) is 11.1 Å². The smallest absolute Gasteiger partial charge is 0.142 e. The zero-order valence-electron chi connectivity index (χ0n) is 6.94. The van der Waals surface area contributed by atoms with Crippen LogP contribution >= 0.6 is 15.9 Å². The minimum absolute atomic E-state index is 0.0408. The molecule has 0 heterocycles. The van der Waals surface area contributed by atoms with Gasteiger partial charge in [0.2, 0.25) is 0 Å². The number of alkyl halides is 1. The molecule has 1 aromatic carbocycles. The van der Waals surface area contributed by atoms with Gasteiger partial charge in [-0.2, -0.15) is 5.26 Å². The maximum atomic E-state index is 13.1. The summed E-state index contributed by atoms with van der Waals surface area (Å²) in [5.74, 6) is 3.54. The normalized spacial score (nSPS) is 8.71. The predicted octanol–water partition coefficient (Wildman–Crippen LogP) is 2.58. The van der Waals surface area contributed by atoms with Gasteiger partial charge in [0.15, 0.2) is 0 Å². The minimum Gasteiger partial charge on any atom is -0.206 e. The minimum atomic E-state index is -0.757. The van der Waals surface area contributed by atoms with Crippen molar-refractivity contribution in [1.82, 2.24) is 0 Å². The second-order valence-electron chi connectivity index (χ2n) is 2.36. The van der Waals surface area contributed by atoms with E-state index in [1.807, 2.05) is 0 Å². The molecule has 0 aliphatic rings. The first-order valence-electron chi connectivity index (χ1n) is 3.63. The summed E-state index contributed by atoms with van der Waals surface area (Å²) in [5.41, 5.74) is -0.354. The highest BCUT2D eigenvalue weighted by atomic mass is 79.9. The van der Waals surface area contributed by atoms with Crippen molar-refractivity contribution >= 4 is 15.9 Å². The number of nitriles is 1. The Morgan fingerprint density at radius 3 is 2.36 bits per heavy atom. The number of halogens is 3. The molecule has 0 aliphatic heterocycles. The first kappa shape index (κ1) is 10.7. The van der Waals surface area contributed by atoms with Crippen LogP contribution in [0.3, 0.4) is 0 Å². The van der Waals surface area contributed by atoms with Gasteiger partial charge in [-0.05, 0) is 12.1 Å². The SMILES string of the molecule is N#Cc1cc(F)c(C#CCBr)cc1F. The van der Waals surface area contributed by atoms with Gasteiger partial charge in [-0.25, -0.2) is 8.78 Å². The summed E-state index contributed by atoms with van der Waals surface area (Å²) in [6, 6.07) is 3.31. The molecule has 0 fully saturated rings. The number of rotatable bonds is 0. The van der Waals surface area contributed by atoms with Gasteiger partial charge in [-0.1, -0.05) is 27.8 Å². The van der Waals surface area contributed by atoms with Crippen molar-refractivity contribution in [3.05, 3.63) is 34.9 Å². The highest BCUT2D eigenvalue weighted by Gasteiger charge is 2.07. The molecule has 70 valence electrons. The fourth-order valence-electron chi connectivity index (χ4n) is 0.857. The molecule has 0 N–H and O–H groups in total. The van der Waals surface area contributed by atoms with E-state index in [9.17, 15) is 8.78 Å². The molecule has 0 radical (unpaired) electrons. The highest BCUT2D eigenvalue weighted by Crippen LogP contribution is 2.13. The maximum absolute atomic E-state index is 13.1. The quantitative estimate of drug-likeness (QED) is 0.517. The average Bonchev–Trinajstić information content (AvgIpc) is 2.18. The van der Waals surface area contributed by atoms with Crippen molar-refractivity contribution in [2.75, 3.05) is 5.33 Å². The van der Waals surface area contributed by atoms with Crippen LogP contribution in [0.15, 0.2) is 12.1 Å². The Morgan fingerprint density at radius 2 is 1.79 bits per heavy atom. The molecule has 0 spiro atoms. The molecule has 0 bridgehead atoms. The molecule has 1 aromatic rings. The van der Waals surface area contributed by atoms with Crippen molar-refractivity contribution in [3.8, 4) is 17.9 Å². The van der Waals surface area contributed by atoms with E-state index in [1.54, 1.807) is 6.07 Å². The lowest BCUT2D eigenvalue weighted by molar-refractivity contribution is 0.594. The molecule has 0 aliphatic carbocycles. The van der Waals surface area contributed by atoms with Crippen molar-refractivity contribution in [1.29, 1.82) is 5.26 Å². The fraction of sp³-hybridized carbons (Fsp3) is 0.100. The molecular formula is C10H4BrF2N. The average molecular weight is 256 g/mol. The summed E-state index contributed by atoms with van der Waals surface area (Å²) >= 11 is 3.04. The molecule has 14 heavy (non-hydrogen) atoms. The zero-order chi connectivity index (χ0) is 10.6. The zero-order valence-corrected chi connectivity index (χ0v) is 8.53. The Morgan fingerprint density at radius 1 is 1.21 bits per heavy atom. The Kier molecular flexibility index (Phi) is 3.62. The molecule has 0 aromatic heterocycles. The van der Waals surface area contributed by atoms with Gasteiger partial charge >= 0.3 is 0 Å². The second-order valence-corrected chi connectivity index (χ2v) is 2.92. The van der Waals surface area contributed by atoms with Crippen LogP contribution in [0.5, 0.6) is 0 Å². The topological polar surface area (TPSA) is 23.8 Å². The number of hydrogen-bond donors (Lipinski definition) is 0. The van der Waals surface area contributed by atoms with Crippen molar-refractivity contribution < 1.29 is 8.78 Å². The summed E-state index contributed by atoms with van der Waals surface area (Å²) in [6.07, 6.45) is 0. The van der Waals surface area contributed by atoms with Gasteiger partial charge in [-0.3, -0.25) is 0 Å². The van der Waals surface area contributed by atoms with Gasteiger partial charge in [0.1, 0.15) is 17.7 Å². The number of nitrogens with zero attached hydrogens (tertiary/aromatic N) is 1. The van der Waals surface area contributed by atoms with E-state index in [2.05, 4.69) is 27.8 Å². The molecule has 0 unspecified atom stereocenters. The summed E-state index contributed by atoms with van der Waals surface area (Å²) in [5, 5.41) is 8.79. The maximum Gasteiger partial charge on any atom is 0.142 e. The standard InChI is InChI=1S/C10H4BrF2N/c11-3-1-2-7-4-10(13)8(6-14)5-9(7)12/h4-5H,3H2. The first-order chi connectivity index (χ1) is 6.69. The predicted molar refractivity (Wildman–Crippen MR) is 51.7 cm³/mol. The van der Waals surface area contributed by atoms with E-state index >= 15 is 0 Å². The van der Waals surface area contributed by atoms with Gasteiger partial charge in [0, 0.05) is 0 Å². The van der Waals surface area contributed by atoms with Crippen LogP contribution in [0, 0.1) is 34.8 Å². The third-order valence-electron chi connectivity index (χ3n) is 1.47. The third-order valence-corrected chi connectivity index (χ3v) is 1.75. The molecular weight excluding hydrogens is 252 g/mol. The molecule has 0 saturated heterocycles. The first-order valence-corrected chi connectivity index (χ1v) is 4.75. The Bertz CT molecular complexity index is 452. The molecule has 0 saturated carbocycles. The number of benzene rings is 1. The van der Waals surface area contributed by atoms with Gasteiger partial charge in [0.05, 0.1) is 16.5 Å². The van der Waals surface area contributed by atoms with Crippen LogP contribution in [-0.4, -0.2) is 5.33 Å². The van der Waals surface area contributed by atoms with E-state index in [0.717, 1.165) is 12.1 Å². The van der Waals surface area contributed by atoms with E-state index in [0.29, 0.717) is 5.33 Å². The molecule has 0 atom stereocenters. The second kappa shape index (κ2) is 4.74. The van der Waals surface area contributed by atoms with Crippen LogP contribution in [0.2, 0.25) is 0 Å². The lowest BCUT2D eigenvalue weighted by atomic mass is 10.1. The van der Waals surface area contributed by atoms with Crippen LogP contribution in [0.25, 0.3) is 0 Å². The van der Waals surface area contributed by atoms with E-state index in [4.69, 9.17) is 5.26 Å². The lowest BCUT2D eigenvalue weighted by Gasteiger charge is -1.96.